The van der Waals surface area contributed by atoms with Crippen LogP contribution in [0.5, 0.6) is 0 Å². The molecule has 0 radical (unpaired) electrons. The molecule has 0 unspecified atom stereocenters. The van der Waals surface area contributed by atoms with Crippen molar-refractivity contribution in [2.24, 2.45) is 5.73 Å². The molecule has 8 nitrogen and oxygen atoms in total. The lowest BCUT2D eigenvalue weighted by atomic mass is 10.1. The number of amides is 1. The number of anilines is 1. The Bertz CT molecular complexity index is 901. The molecule has 3 rings (SSSR count). The first-order chi connectivity index (χ1) is 13.0. The van der Waals surface area contributed by atoms with Crippen molar-refractivity contribution in [1.29, 1.82) is 0 Å². The predicted octanol–water partition coefficient (Wildman–Crippen LogP) is 0.556. The molecule has 1 aliphatic heterocycles. The molecule has 0 spiro atoms. The number of aromatic amines is 1. The van der Waals surface area contributed by atoms with Crippen molar-refractivity contribution in [3.8, 4) is 11.3 Å². The summed E-state index contributed by atoms with van der Waals surface area (Å²) in [5.74, 6) is 0.702. The van der Waals surface area contributed by atoms with E-state index in [-0.39, 0.29) is 17.5 Å². The van der Waals surface area contributed by atoms with Crippen LogP contribution in [0.2, 0.25) is 0 Å². The minimum absolute atomic E-state index is 0.0548. The van der Waals surface area contributed by atoms with Crippen molar-refractivity contribution < 1.29 is 4.79 Å². The van der Waals surface area contributed by atoms with Gasteiger partial charge in [0.15, 0.2) is 0 Å². The summed E-state index contributed by atoms with van der Waals surface area (Å²) in [6.45, 7) is 3.48. The third-order valence-corrected chi connectivity index (χ3v) is 4.70. The first-order valence-corrected chi connectivity index (χ1v) is 8.96. The first-order valence-electron chi connectivity index (χ1n) is 8.96. The summed E-state index contributed by atoms with van der Waals surface area (Å²) in [5, 5.41) is 0. The van der Waals surface area contributed by atoms with Crippen LogP contribution >= 0.6 is 0 Å². The zero-order valence-corrected chi connectivity index (χ0v) is 15.6. The highest BCUT2D eigenvalue weighted by molar-refractivity contribution is 5.88. The molecule has 1 saturated heterocycles. The van der Waals surface area contributed by atoms with Gasteiger partial charge in [0, 0.05) is 57.1 Å². The Balaban J connectivity index is 1.76. The number of likely N-dealkylation sites (tertiary alicyclic amines) is 1. The summed E-state index contributed by atoms with van der Waals surface area (Å²) in [6, 6.07) is 3.75. The maximum absolute atomic E-state index is 12.3. The van der Waals surface area contributed by atoms with E-state index in [2.05, 4.69) is 15.0 Å². The molecule has 0 aliphatic carbocycles. The zero-order chi connectivity index (χ0) is 19.4. The van der Waals surface area contributed by atoms with E-state index in [4.69, 9.17) is 5.73 Å². The number of hydrogen-bond donors (Lipinski definition) is 2. The van der Waals surface area contributed by atoms with E-state index in [9.17, 15) is 9.59 Å². The lowest BCUT2D eigenvalue weighted by molar-refractivity contribution is -0.130. The Morgan fingerprint density at radius 2 is 2.26 bits per heavy atom. The monoisotopic (exact) mass is 368 g/mol. The van der Waals surface area contributed by atoms with Crippen LogP contribution in [0.1, 0.15) is 12.7 Å². The molecule has 8 heteroatoms. The van der Waals surface area contributed by atoms with Crippen LogP contribution in [0.15, 0.2) is 41.5 Å². The Labute approximate surface area is 157 Å². The fourth-order valence-corrected chi connectivity index (χ4v) is 2.96. The Morgan fingerprint density at radius 1 is 1.48 bits per heavy atom. The molecule has 1 fully saturated rings. The fourth-order valence-electron chi connectivity index (χ4n) is 2.96. The van der Waals surface area contributed by atoms with Crippen LogP contribution in [-0.4, -0.2) is 58.5 Å². The smallest absolute Gasteiger partial charge is 0.271 e. The lowest BCUT2D eigenvalue weighted by Crippen LogP contribution is -2.60. The van der Waals surface area contributed by atoms with Crippen LogP contribution in [-0.2, 0) is 11.2 Å². The topological polar surface area (TPSA) is 108 Å². The van der Waals surface area contributed by atoms with Crippen molar-refractivity contribution in [3.05, 3.63) is 52.9 Å². The standard InChI is InChI=1S/C19H24N6O2/c1-3-17-21-8-6-15(23-17)13-9-16(19(27)22-10-13)24(2)14-11-25(12-14)18(26)5-4-7-20/h4-6,8-10,14H,3,7,11-12,20H2,1-2H3,(H,22,27)/b5-4+. The highest BCUT2D eigenvalue weighted by Gasteiger charge is 2.33. The number of likely N-dealkylation sites (N-methyl/N-ethyl adjacent to an activating group) is 1. The van der Waals surface area contributed by atoms with Crippen molar-refractivity contribution in [1.82, 2.24) is 19.9 Å². The number of carbonyl (C=O) groups is 1. The maximum Gasteiger partial charge on any atom is 0.271 e. The summed E-state index contributed by atoms with van der Waals surface area (Å²) in [7, 11) is 1.87. The summed E-state index contributed by atoms with van der Waals surface area (Å²) >= 11 is 0. The van der Waals surface area contributed by atoms with Crippen LogP contribution < -0.4 is 16.2 Å². The molecule has 27 heavy (non-hydrogen) atoms. The summed E-state index contributed by atoms with van der Waals surface area (Å²) in [6.07, 6.45) is 7.26. The number of nitrogens with one attached hydrogen (secondary N) is 1. The average molecular weight is 368 g/mol. The average Bonchev–Trinajstić information content (AvgIpc) is 2.65. The number of pyridine rings is 1. The lowest BCUT2D eigenvalue weighted by Gasteiger charge is -2.44. The van der Waals surface area contributed by atoms with Crippen LogP contribution in [0.4, 0.5) is 5.69 Å². The molecule has 0 bridgehead atoms. The van der Waals surface area contributed by atoms with E-state index in [0.29, 0.717) is 25.3 Å². The molecule has 0 atom stereocenters. The Kier molecular flexibility index (Phi) is 5.66. The molecular formula is C19H24N6O2. The minimum Gasteiger partial charge on any atom is -0.364 e. The van der Waals surface area contributed by atoms with Gasteiger partial charge in [0.25, 0.3) is 5.56 Å². The van der Waals surface area contributed by atoms with Crippen molar-refractivity contribution in [2.75, 3.05) is 31.6 Å². The van der Waals surface area contributed by atoms with E-state index in [1.807, 2.05) is 31.0 Å². The number of hydrogen-bond acceptors (Lipinski definition) is 6. The number of nitrogens with two attached hydrogens (primary N) is 1. The van der Waals surface area contributed by atoms with Crippen LogP contribution in [0.25, 0.3) is 11.3 Å². The van der Waals surface area contributed by atoms with Crippen molar-refractivity contribution in [3.63, 3.8) is 0 Å². The molecule has 2 aromatic rings. The molecule has 0 aromatic carbocycles. The number of carbonyl (C=O) groups excluding carboxylic acids is 1. The Morgan fingerprint density at radius 3 is 2.96 bits per heavy atom. The van der Waals surface area contributed by atoms with Gasteiger partial charge in [-0.2, -0.15) is 0 Å². The van der Waals surface area contributed by atoms with E-state index in [1.54, 1.807) is 23.4 Å². The van der Waals surface area contributed by atoms with Gasteiger partial charge in [-0.1, -0.05) is 13.0 Å². The summed E-state index contributed by atoms with van der Waals surface area (Å²) in [4.78, 5) is 39.4. The largest absolute Gasteiger partial charge is 0.364 e. The van der Waals surface area contributed by atoms with Gasteiger partial charge in [0.1, 0.15) is 11.5 Å². The summed E-state index contributed by atoms with van der Waals surface area (Å²) in [5.41, 5.74) is 7.35. The van der Waals surface area contributed by atoms with Gasteiger partial charge in [-0.05, 0) is 12.1 Å². The molecule has 3 N–H and O–H groups in total. The molecule has 1 aliphatic rings. The molecule has 1 amide bonds. The Hall–Kier alpha value is -3.00. The number of aryl methyl sites for hydroxylation is 1. The predicted molar refractivity (Wildman–Crippen MR) is 104 cm³/mol. The van der Waals surface area contributed by atoms with E-state index < -0.39 is 0 Å². The summed E-state index contributed by atoms with van der Waals surface area (Å²) < 4.78 is 0. The van der Waals surface area contributed by atoms with Crippen molar-refractivity contribution in [2.45, 2.75) is 19.4 Å². The van der Waals surface area contributed by atoms with Gasteiger partial charge in [0.2, 0.25) is 5.91 Å². The van der Waals surface area contributed by atoms with Gasteiger partial charge in [-0.15, -0.1) is 0 Å². The highest BCUT2D eigenvalue weighted by atomic mass is 16.2. The van der Waals surface area contributed by atoms with E-state index in [1.165, 1.54) is 6.08 Å². The van der Waals surface area contributed by atoms with Crippen LogP contribution in [0, 0.1) is 0 Å². The third-order valence-electron chi connectivity index (χ3n) is 4.70. The molecule has 2 aromatic heterocycles. The maximum atomic E-state index is 12.3. The quantitative estimate of drug-likeness (QED) is 0.721. The third kappa shape index (κ3) is 4.06. The molecule has 3 heterocycles. The molecular weight excluding hydrogens is 344 g/mol. The first kappa shape index (κ1) is 18.8. The fraction of sp³-hybridized carbons (Fsp3) is 0.368. The molecule has 0 saturated carbocycles. The minimum atomic E-state index is -0.168. The van der Waals surface area contributed by atoms with Crippen molar-refractivity contribution >= 4 is 11.6 Å². The zero-order valence-electron chi connectivity index (χ0n) is 15.6. The number of H-pyrrole nitrogens is 1. The van der Waals surface area contributed by atoms with E-state index in [0.717, 1.165) is 23.5 Å². The van der Waals surface area contributed by atoms with Gasteiger partial charge in [-0.3, -0.25) is 9.59 Å². The number of nitrogens with zero attached hydrogens (tertiary/aromatic N) is 4. The molecule has 142 valence electrons. The van der Waals surface area contributed by atoms with E-state index >= 15 is 0 Å². The second-order valence-electron chi connectivity index (χ2n) is 6.46. The van der Waals surface area contributed by atoms with Gasteiger partial charge in [0.05, 0.1) is 11.7 Å². The SMILES string of the molecule is CCc1nccc(-c2c[nH]c(=O)c(N(C)C3CN(C(=O)/C=C/CN)C3)c2)n1. The normalized spacial score (nSPS) is 14.4. The van der Waals surface area contributed by atoms with Gasteiger partial charge in [-0.25, -0.2) is 9.97 Å². The highest BCUT2D eigenvalue weighted by Crippen LogP contribution is 2.23. The number of aromatic nitrogens is 3. The van der Waals surface area contributed by atoms with Gasteiger partial charge >= 0.3 is 0 Å². The van der Waals surface area contributed by atoms with Crippen LogP contribution in [0.3, 0.4) is 0 Å². The second-order valence-corrected chi connectivity index (χ2v) is 6.46. The van der Waals surface area contributed by atoms with Gasteiger partial charge < -0.3 is 20.5 Å². The number of rotatable bonds is 6. The second kappa shape index (κ2) is 8.13.